The number of aryl methyl sites for hydroxylation is 1. The summed E-state index contributed by atoms with van der Waals surface area (Å²) in [6, 6.07) is 26.3. The Morgan fingerprint density at radius 3 is 2.18 bits per heavy atom. The molecule has 0 amide bonds. The predicted molar refractivity (Wildman–Crippen MR) is 95.4 cm³/mol. The lowest BCUT2D eigenvalue weighted by Gasteiger charge is -2.06. The molecule has 4 aromatic carbocycles. The molecule has 0 N–H and O–H groups in total. The van der Waals surface area contributed by atoms with E-state index in [2.05, 4.69) is 84.4 Å². The summed E-state index contributed by atoms with van der Waals surface area (Å²) < 4.78 is 2.29. The quantitative estimate of drug-likeness (QED) is 0.324. The van der Waals surface area contributed by atoms with E-state index in [4.69, 9.17) is 0 Å². The van der Waals surface area contributed by atoms with Crippen LogP contribution in [0.5, 0.6) is 0 Å². The Bertz CT molecular complexity index is 1180. The average molecular weight is 281 g/mol. The summed E-state index contributed by atoms with van der Waals surface area (Å²) in [5, 5.41) is 8.00. The summed E-state index contributed by atoms with van der Waals surface area (Å²) in [5.41, 5.74) is 2.59. The molecule has 1 heteroatoms. The van der Waals surface area contributed by atoms with E-state index in [0.29, 0.717) is 0 Å². The molecule has 1 heterocycles. The fourth-order valence-electron chi connectivity index (χ4n) is 3.75. The number of nitrogens with zero attached hydrogens (tertiary/aromatic N) is 1. The number of rotatable bonds is 0. The lowest BCUT2D eigenvalue weighted by atomic mass is 9.98. The van der Waals surface area contributed by atoms with E-state index in [1.165, 1.54) is 43.4 Å². The van der Waals surface area contributed by atoms with Crippen LogP contribution in [0.15, 0.2) is 72.8 Å². The van der Waals surface area contributed by atoms with E-state index in [1.54, 1.807) is 0 Å². The van der Waals surface area contributed by atoms with Crippen molar-refractivity contribution in [2.45, 2.75) is 0 Å². The largest absolute Gasteiger partial charge is 0.344 e. The van der Waals surface area contributed by atoms with Gasteiger partial charge in [-0.1, -0.05) is 60.7 Å². The fourth-order valence-corrected chi connectivity index (χ4v) is 3.75. The van der Waals surface area contributed by atoms with Crippen LogP contribution >= 0.6 is 0 Å². The number of benzene rings is 4. The van der Waals surface area contributed by atoms with Crippen molar-refractivity contribution in [3.05, 3.63) is 72.8 Å². The molecule has 0 atom stereocenters. The van der Waals surface area contributed by atoms with Crippen molar-refractivity contribution >= 4 is 43.4 Å². The summed E-state index contributed by atoms with van der Waals surface area (Å²) in [5.74, 6) is 0. The van der Waals surface area contributed by atoms with Gasteiger partial charge in [0.05, 0.1) is 0 Å². The Labute approximate surface area is 128 Å². The number of fused-ring (bicyclic) bond motifs is 7. The standard InChI is InChI=1S/C21H15N/c1-22-19-9-5-4-8-18(19)21-17-11-10-14-6-2-3-7-15(14)16(17)12-13-20(21)22/h2-13H,1H3. The summed E-state index contributed by atoms with van der Waals surface area (Å²) >= 11 is 0. The first-order chi connectivity index (χ1) is 10.8. The number of aromatic nitrogens is 1. The molecule has 0 bridgehead atoms. The maximum Gasteiger partial charge on any atom is 0.0495 e. The van der Waals surface area contributed by atoms with Crippen molar-refractivity contribution in [1.82, 2.24) is 4.57 Å². The van der Waals surface area contributed by atoms with Crippen LogP contribution in [-0.2, 0) is 7.05 Å². The molecule has 1 nitrogen and oxygen atoms in total. The van der Waals surface area contributed by atoms with E-state index >= 15 is 0 Å². The zero-order chi connectivity index (χ0) is 14.7. The van der Waals surface area contributed by atoms with Gasteiger partial charge in [-0.25, -0.2) is 0 Å². The van der Waals surface area contributed by atoms with E-state index < -0.39 is 0 Å². The summed E-state index contributed by atoms with van der Waals surface area (Å²) in [6.07, 6.45) is 0. The average Bonchev–Trinajstić information content (AvgIpc) is 2.88. The third kappa shape index (κ3) is 1.38. The number of para-hydroxylation sites is 1. The van der Waals surface area contributed by atoms with Crippen LogP contribution < -0.4 is 0 Å². The van der Waals surface area contributed by atoms with Crippen LogP contribution in [0.3, 0.4) is 0 Å². The van der Waals surface area contributed by atoms with Crippen molar-refractivity contribution in [2.75, 3.05) is 0 Å². The monoisotopic (exact) mass is 281 g/mol. The molecule has 5 rings (SSSR count). The van der Waals surface area contributed by atoms with Gasteiger partial charge in [0.1, 0.15) is 0 Å². The maximum absolute atomic E-state index is 2.29. The van der Waals surface area contributed by atoms with Gasteiger partial charge >= 0.3 is 0 Å². The van der Waals surface area contributed by atoms with E-state index in [0.717, 1.165) is 0 Å². The molecule has 0 aliphatic rings. The van der Waals surface area contributed by atoms with E-state index in [-0.39, 0.29) is 0 Å². The second-order valence-electron chi connectivity index (χ2n) is 5.92. The highest BCUT2D eigenvalue weighted by atomic mass is 14.9. The van der Waals surface area contributed by atoms with Gasteiger partial charge in [-0.2, -0.15) is 0 Å². The van der Waals surface area contributed by atoms with E-state index in [1.807, 2.05) is 0 Å². The molecular formula is C21H15N. The Morgan fingerprint density at radius 1 is 0.545 bits per heavy atom. The Balaban J connectivity index is 2.13. The Hall–Kier alpha value is -2.80. The van der Waals surface area contributed by atoms with Gasteiger partial charge in [-0.15, -0.1) is 0 Å². The fraction of sp³-hybridized carbons (Fsp3) is 0.0476. The van der Waals surface area contributed by atoms with Crippen molar-refractivity contribution in [3.63, 3.8) is 0 Å². The molecule has 0 saturated carbocycles. The molecular weight excluding hydrogens is 266 g/mol. The molecule has 104 valence electrons. The molecule has 0 spiro atoms. The molecule has 0 aliphatic carbocycles. The number of hydrogen-bond acceptors (Lipinski definition) is 0. The summed E-state index contributed by atoms with van der Waals surface area (Å²) in [6.45, 7) is 0. The highest BCUT2D eigenvalue weighted by molar-refractivity contribution is 6.24. The molecule has 0 fully saturated rings. The van der Waals surface area contributed by atoms with Crippen LogP contribution in [0, 0.1) is 0 Å². The van der Waals surface area contributed by atoms with Gasteiger partial charge in [0.15, 0.2) is 0 Å². The number of hydrogen-bond donors (Lipinski definition) is 0. The second-order valence-corrected chi connectivity index (χ2v) is 5.92. The molecule has 0 unspecified atom stereocenters. The molecule has 5 aromatic rings. The van der Waals surface area contributed by atoms with Gasteiger partial charge in [0, 0.05) is 28.9 Å². The normalized spacial score (nSPS) is 11.9. The van der Waals surface area contributed by atoms with Crippen LogP contribution in [0.1, 0.15) is 0 Å². The van der Waals surface area contributed by atoms with Crippen molar-refractivity contribution in [2.24, 2.45) is 7.05 Å². The molecule has 0 radical (unpaired) electrons. The summed E-state index contributed by atoms with van der Waals surface area (Å²) in [4.78, 5) is 0. The Morgan fingerprint density at radius 2 is 1.27 bits per heavy atom. The first kappa shape index (κ1) is 11.8. The van der Waals surface area contributed by atoms with Crippen LogP contribution in [-0.4, -0.2) is 4.57 Å². The van der Waals surface area contributed by atoms with Crippen molar-refractivity contribution in [1.29, 1.82) is 0 Å². The van der Waals surface area contributed by atoms with Gasteiger partial charge in [0.2, 0.25) is 0 Å². The molecule has 1 aromatic heterocycles. The maximum atomic E-state index is 2.29. The predicted octanol–water partition coefficient (Wildman–Crippen LogP) is 5.64. The molecule has 0 saturated heterocycles. The van der Waals surface area contributed by atoms with Crippen LogP contribution in [0.2, 0.25) is 0 Å². The van der Waals surface area contributed by atoms with Crippen LogP contribution in [0.4, 0.5) is 0 Å². The topological polar surface area (TPSA) is 4.93 Å². The minimum absolute atomic E-state index is 1.29. The SMILES string of the molecule is Cn1c2ccccc2c2c3ccc4ccccc4c3ccc21. The lowest BCUT2D eigenvalue weighted by molar-refractivity contribution is 1.01. The van der Waals surface area contributed by atoms with Crippen molar-refractivity contribution in [3.8, 4) is 0 Å². The molecule has 22 heavy (non-hydrogen) atoms. The van der Waals surface area contributed by atoms with Crippen molar-refractivity contribution < 1.29 is 0 Å². The first-order valence-electron chi connectivity index (χ1n) is 7.62. The van der Waals surface area contributed by atoms with Crippen LogP contribution in [0.25, 0.3) is 43.4 Å². The second kappa shape index (κ2) is 4.11. The van der Waals surface area contributed by atoms with Gasteiger partial charge < -0.3 is 4.57 Å². The first-order valence-corrected chi connectivity index (χ1v) is 7.62. The zero-order valence-corrected chi connectivity index (χ0v) is 12.4. The summed E-state index contributed by atoms with van der Waals surface area (Å²) in [7, 11) is 2.15. The molecule has 0 aliphatic heterocycles. The third-order valence-electron chi connectivity index (χ3n) is 4.80. The smallest absolute Gasteiger partial charge is 0.0495 e. The lowest BCUT2D eigenvalue weighted by Crippen LogP contribution is -1.86. The Kier molecular flexibility index (Phi) is 2.21. The van der Waals surface area contributed by atoms with E-state index in [9.17, 15) is 0 Å². The minimum Gasteiger partial charge on any atom is -0.344 e. The minimum atomic E-state index is 1.29. The highest BCUT2D eigenvalue weighted by Crippen LogP contribution is 2.36. The highest BCUT2D eigenvalue weighted by Gasteiger charge is 2.11. The van der Waals surface area contributed by atoms with Gasteiger partial charge in [-0.05, 0) is 33.7 Å². The zero-order valence-electron chi connectivity index (χ0n) is 12.4. The van der Waals surface area contributed by atoms with Gasteiger partial charge in [-0.3, -0.25) is 0 Å². The third-order valence-corrected chi connectivity index (χ3v) is 4.80. The van der Waals surface area contributed by atoms with Gasteiger partial charge in [0.25, 0.3) is 0 Å².